The second kappa shape index (κ2) is 6.09. The monoisotopic (exact) mass is 261 g/mol. The van der Waals surface area contributed by atoms with Gasteiger partial charge in [-0.2, -0.15) is 0 Å². The van der Waals surface area contributed by atoms with Crippen LogP contribution in [0.15, 0.2) is 18.2 Å². The molecule has 2 rings (SSSR count). The number of nitrogens with zero attached hydrogens (tertiary/aromatic N) is 1. The highest BCUT2D eigenvalue weighted by molar-refractivity contribution is 5.89. The fourth-order valence-electron chi connectivity index (χ4n) is 2.92. The molecule has 1 heterocycles. The van der Waals surface area contributed by atoms with Crippen molar-refractivity contribution in [1.29, 1.82) is 0 Å². The van der Waals surface area contributed by atoms with E-state index in [1.807, 2.05) is 19.1 Å². The van der Waals surface area contributed by atoms with Crippen molar-refractivity contribution in [3.8, 4) is 0 Å². The number of carbonyl (C=O) groups is 1. The zero-order valence-electron chi connectivity index (χ0n) is 11.9. The molecule has 1 aliphatic heterocycles. The van der Waals surface area contributed by atoms with Crippen molar-refractivity contribution in [1.82, 2.24) is 0 Å². The maximum Gasteiger partial charge on any atom is 0.335 e. The Morgan fingerprint density at radius 2 is 2.16 bits per heavy atom. The summed E-state index contributed by atoms with van der Waals surface area (Å²) in [5, 5.41) is 9.06. The molecule has 1 aromatic rings. The molecule has 3 heteroatoms. The molecule has 104 valence electrons. The van der Waals surface area contributed by atoms with Gasteiger partial charge in [-0.1, -0.05) is 13.3 Å². The minimum atomic E-state index is -0.842. The molecule has 0 aliphatic carbocycles. The molecule has 0 saturated carbocycles. The summed E-state index contributed by atoms with van der Waals surface area (Å²) in [6.07, 6.45) is 5.07. The maximum atomic E-state index is 11.0. The van der Waals surface area contributed by atoms with E-state index in [2.05, 4.69) is 11.8 Å². The van der Waals surface area contributed by atoms with Crippen molar-refractivity contribution in [2.45, 2.75) is 39.5 Å². The Bertz CT molecular complexity index is 456. The number of benzene rings is 1. The van der Waals surface area contributed by atoms with E-state index < -0.39 is 5.97 Å². The van der Waals surface area contributed by atoms with Crippen LogP contribution in [0.2, 0.25) is 0 Å². The largest absolute Gasteiger partial charge is 0.478 e. The molecule has 1 atom stereocenters. The number of aromatic carboxylic acids is 1. The van der Waals surface area contributed by atoms with Crippen LogP contribution in [0.25, 0.3) is 0 Å². The Morgan fingerprint density at radius 1 is 1.37 bits per heavy atom. The first-order valence-corrected chi connectivity index (χ1v) is 7.20. The van der Waals surface area contributed by atoms with E-state index in [1.165, 1.54) is 31.4 Å². The lowest BCUT2D eigenvalue weighted by Gasteiger charge is -2.23. The van der Waals surface area contributed by atoms with Gasteiger partial charge in [0.2, 0.25) is 0 Å². The van der Waals surface area contributed by atoms with E-state index in [1.54, 1.807) is 6.07 Å². The summed E-state index contributed by atoms with van der Waals surface area (Å²) in [5.41, 5.74) is 2.42. The number of carboxylic acids is 1. The molecule has 0 spiro atoms. The third-order valence-corrected chi connectivity index (χ3v) is 4.23. The summed E-state index contributed by atoms with van der Waals surface area (Å²) in [4.78, 5) is 13.4. The minimum absolute atomic E-state index is 0.407. The van der Waals surface area contributed by atoms with E-state index in [-0.39, 0.29) is 0 Å². The highest BCUT2D eigenvalue weighted by Gasteiger charge is 2.17. The predicted octanol–water partition coefficient (Wildman–Crippen LogP) is 3.71. The van der Waals surface area contributed by atoms with Crippen LogP contribution in [-0.4, -0.2) is 24.2 Å². The molecule has 1 aliphatic rings. The van der Waals surface area contributed by atoms with Crippen molar-refractivity contribution in [3.63, 3.8) is 0 Å². The Balaban J connectivity index is 2.13. The molecule has 1 saturated heterocycles. The highest BCUT2D eigenvalue weighted by Crippen LogP contribution is 2.26. The second-order valence-electron chi connectivity index (χ2n) is 5.50. The standard InChI is InChI=1S/C16H23NO2/c1-3-13-5-4-9-17(10-8-13)14-6-7-15(16(18)19)12(2)11-14/h6-7,11,13H,3-5,8-10H2,1-2H3,(H,18,19). The van der Waals surface area contributed by atoms with Crippen LogP contribution in [0.4, 0.5) is 5.69 Å². The van der Waals surface area contributed by atoms with Crippen molar-refractivity contribution in [2.24, 2.45) is 5.92 Å². The fourth-order valence-corrected chi connectivity index (χ4v) is 2.92. The summed E-state index contributed by atoms with van der Waals surface area (Å²) in [6.45, 7) is 6.32. The van der Waals surface area contributed by atoms with Crippen LogP contribution in [-0.2, 0) is 0 Å². The lowest BCUT2D eigenvalue weighted by Crippen LogP contribution is -2.24. The Morgan fingerprint density at radius 3 is 2.79 bits per heavy atom. The summed E-state index contributed by atoms with van der Waals surface area (Å²) in [6, 6.07) is 5.69. The molecule has 0 radical (unpaired) electrons. The number of anilines is 1. The van der Waals surface area contributed by atoms with Gasteiger partial charge in [0, 0.05) is 18.8 Å². The van der Waals surface area contributed by atoms with Crippen molar-refractivity contribution in [3.05, 3.63) is 29.3 Å². The molecule has 1 N–H and O–H groups in total. The molecule has 0 bridgehead atoms. The zero-order chi connectivity index (χ0) is 13.8. The van der Waals surface area contributed by atoms with Gasteiger partial charge in [-0.15, -0.1) is 0 Å². The normalized spacial score (nSPS) is 20.1. The lowest BCUT2D eigenvalue weighted by molar-refractivity contribution is 0.0696. The smallest absolute Gasteiger partial charge is 0.335 e. The predicted molar refractivity (Wildman–Crippen MR) is 78.0 cm³/mol. The average Bonchev–Trinajstić information content (AvgIpc) is 2.63. The average molecular weight is 261 g/mol. The topological polar surface area (TPSA) is 40.5 Å². The summed E-state index contributed by atoms with van der Waals surface area (Å²) in [5.74, 6) is 0.00959. The molecule has 0 aromatic heterocycles. The van der Waals surface area contributed by atoms with Crippen LogP contribution in [0.3, 0.4) is 0 Å². The van der Waals surface area contributed by atoms with E-state index in [0.717, 1.165) is 24.6 Å². The first kappa shape index (κ1) is 13.9. The zero-order valence-corrected chi connectivity index (χ0v) is 11.9. The van der Waals surface area contributed by atoms with Crippen molar-refractivity contribution >= 4 is 11.7 Å². The van der Waals surface area contributed by atoms with Crippen LogP contribution in [0.5, 0.6) is 0 Å². The fraction of sp³-hybridized carbons (Fsp3) is 0.562. The van der Waals surface area contributed by atoms with E-state index in [0.29, 0.717) is 5.56 Å². The molecule has 1 unspecified atom stereocenters. The Kier molecular flexibility index (Phi) is 4.46. The maximum absolute atomic E-state index is 11.0. The van der Waals surface area contributed by atoms with Gasteiger partial charge in [-0.3, -0.25) is 0 Å². The van der Waals surface area contributed by atoms with E-state index in [9.17, 15) is 4.79 Å². The molecule has 1 fully saturated rings. The van der Waals surface area contributed by atoms with Gasteiger partial charge in [0.15, 0.2) is 0 Å². The number of hydrogen-bond donors (Lipinski definition) is 1. The Labute approximate surface area is 115 Å². The van der Waals surface area contributed by atoms with Gasteiger partial charge < -0.3 is 10.0 Å². The lowest BCUT2D eigenvalue weighted by atomic mass is 9.98. The number of carboxylic acid groups (broad SMARTS) is 1. The second-order valence-corrected chi connectivity index (χ2v) is 5.50. The SMILES string of the molecule is CCC1CCCN(c2ccc(C(=O)O)c(C)c2)CC1. The van der Waals surface area contributed by atoms with Crippen LogP contribution in [0.1, 0.15) is 48.5 Å². The number of rotatable bonds is 3. The van der Waals surface area contributed by atoms with Gasteiger partial charge in [-0.05, 0) is 55.9 Å². The Hall–Kier alpha value is -1.51. The van der Waals surface area contributed by atoms with Gasteiger partial charge in [0.1, 0.15) is 0 Å². The summed E-state index contributed by atoms with van der Waals surface area (Å²) >= 11 is 0. The van der Waals surface area contributed by atoms with Crippen LogP contribution >= 0.6 is 0 Å². The highest BCUT2D eigenvalue weighted by atomic mass is 16.4. The first-order valence-electron chi connectivity index (χ1n) is 7.20. The molecule has 3 nitrogen and oxygen atoms in total. The van der Waals surface area contributed by atoms with Crippen LogP contribution < -0.4 is 4.90 Å². The molecular weight excluding hydrogens is 238 g/mol. The molecule has 1 aromatic carbocycles. The molecule has 19 heavy (non-hydrogen) atoms. The quantitative estimate of drug-likeness (QED) is 0.901. The molecule has 0 amide bonds. The van der Waals surface area contributed by atoms with Gasteiger partial charge in [0.25, 0.3) is 0 Å². The minimum Gasteiger partial charge on any atom is -0.478 e. The van der Waals surface area contributed by atoms with Crippen LogP contribution in [0, 0.1) is 12.8 Å². The first-order chi connectivity index (χ1) is 9.11. The van der Waals surface area contributed by atoms with E-state index >= 15 is 0 Å². The van der Waals surface area contributed by atoms with Crippen molar-refractivity contribution < 1.29 is 9.90 Å². The van der Waals surface area contributed by atoms with Crippen molar-refractivity contribution in [2.75, 3.05) is 18.0 Å². The van der Waals surface area contributed by atoms with Gasteiger partial charge in [0.05, 0.1) is 5.56 Å². The summed E-state index contributed by atoms with van der Waals surface area (Å²) in [7, 11) is 0. The molecular formula is C16H23NO2. The van der Waals surface area contributed by atoms with Gasteiger partial charge >= 0.3 is 5.97 Å². The third kappa shape index (κ3) is 3.28. The van der Waals surface area contributed by atoms with E-state index in [4.69, 9.17) is 5.11 Å². The number of aryl methyl sites for hydroxylation is 1. The third-order valence-electron chi connectivity index (χ3n) is 4.23. The number of hydrogen-bond acceptors (Lipinski definition) is 2. The van der Waals surface area contributed by atoms with Gasteiger partial charge in [-0.25, -0.2) is 4.79 Å². The summed E-state index contributed by atoms with van der Waals surface area (Å²) < 4.78 is 0.